The van der Waals surface area contributed by atoms with Crippen molar-refractivity contribution < 1.29 is 54.2 Å². The van der Waals surface area contributed by atoms with Crippen molar-refractivity contribution >= 4 is 124 Å². The lowest BCUT2D eigenvalue weighted by atomic mass is 10.1. The van der Waals surface area contributed by atoms with Crippen LogP contribution in [0.3, 0.4) is 0 Å². The van der Waals surface area contributed by atoms with Crippen LogP contribution < -0.4 is 36.2 Å². The van der Waals surface area contributed by atoms with Crippen LogP contribution in [0.2, 0.25) is 15.1 Å². The number of rotatable bonds is 13. The molecule has 8 aromatic carbocycles. The van der Waals surface area contributed by atoms with Gasteiger partial charge in [0.05, 0.1) is 42.5 Å². The van der Waals surface area contributed by atoms with Gasteiger partial charge in [-0.05, 0) is 150 Å². The molecule has 1 aromatic heterocycles. The number of benzene rings is 8. The first-order valence-corrected chi connectivity index (χ1v) is 30.3. The Balaban J connectivity index is 0.000000139. The smallest absolute Gasteiger partial charge is 0.333 e. The SMILES string of the molecule is CCOc1cc(/C=C2/NC(=O)N(c3cccc(Cl)c3)C2=O)ccc1O.O=C1N/C(=C/c2ccc(O)cc2)C(=O)N1c1cccc(Cl)c1.O=C1N/C(=C\c2ccc(O)cc2)C(O)=C1C=NCc1ccccc1.O=c1[nH]c(C=C2C=Nc3ccccc32)c(O)n1Cc1ccc(Cl)cc1. The number of phenols is 3. The first-order valence-electron chi connectivity index (χ1n) is 29.2. The number of urea groups is 2. The van der Waals surface area contributed by atoms with E-state index in [0.717, 1.165) is 43.3 Å². The van der Waals surface area contributed by atoms with Crippen molar-refractivity contribution in [3.05, 3.63) is 287 Å². The highest BCUT2D eigenvalue weighted by atomic mass is 35.5. The van der Waals surface area contributed by atoms with E-state index in [1.807, 2.05) is 66.7 Å². The standard InChI is InChI=1S/C19H14ClN3O2.C19H16N2O3.C18H15ClN2O4.C16H11ClN2O3/c20-14-7-5-12(6-8-14)11-23-18(24)17(22-19(23)25)9-13-10-21-16-4-2-1-3-15(13)16;22-15-8-6-13(7-9-15)10-17-18(23)16(19(24)21-17)12-20-11-14-4-2-1-3-5-14;1-2-25-16-9-11(6-7-15(16)22)8-14-17(23)21(18(24)20-14)13-5-3-4-12(19)10-13;17-11-2-1-3-12(9-11)19-15(21)14(18-16(19)22)8-10-4-6-13(20)7-5-10/h1-10,24H,11H2,(H,22,25);1-10,12,22-23H,11H2,(H,21,24);3-10,22H,2H2,1H3,(H,20,24);1-9,20H,(H,18,22)/b;17-10-,20-12?;2*14-8+. The molecule has 13 rings (SSSR count). The summed E-state index contributed by atoms with van der Waals surface area (Å²) in [6.07, 6.45) is 9.53. The summed E-state index contributed by atoms with van der Waals surface area (Å²) in [5, 5.41) is 58.1. The van der Waals surface area contributed by atoms with E-state index in [1.54, 1.807) is 122 Å². The topological polar surface area (TPSA) is 301 Å². The van der Waals surface area contributed by atoms with Gasteiger partial charge < -0.3 is 51.2 Å². The molecule has 0 aliphatic carbocycles. The van der Waals surface area contributed by atoms with Crippen LogP contribution in [0.5, 0.6) is 28.9 Å². The predicted octanol–water partition coefficient (Wildman–Crippen LogP) is 13.5. The van der Waals surface area contributed by atoms with Crippen molar-refractivity contribution in [2.24, 2.45) is 9.98 Å². The fraction of sp³-hybridized carbons (Fsp3) is 0.0556. The molecule has 0 atom stereocenters. The van der Waals surface area contributed by atoms with Crippen molar-refractivity contribution in [3.63, 3.8) is 0 Å². The molecule has 0 bridgehead atoms. The highest BCUT2D eigenvalue weighted by molar-refractivity contribution is 6.33. The maximum atomic E-state index is 12.6. The third-order valence-electron chi connectivity index (χ3n) is 14.3. The quantitative estimate of drug-likeness (QED) is 0.0296. The van der Waals surface area contributed by atoms with E-state index in [2.05, 4.69) is 30.9 Å². The molecule has 4 aliphatic heterocycles. The van der Waals surface area contributed by atoms with Crippen LogP contribution in [-0.2, 0) is 27.5 Å². The molecular formula is C72H56Cl3N9O12. The maximum absolute atomic E-state index is 12.6. The summed E-state index contributed by atoms with van der Waals surface area (Å²) in [5.41, 5.74) is 8.12. The van der Waals surface area contributed by atoms with Crippen LogP contribution in [0.15, 0.2) is 237 Å². The zero-order valence-corrected chi connectivity index (χ0v) is 52.8. The van der Waals surface area contributed by atoms with Gasteiger partial charge in [-0.2, -0.15) is 0 Å². The molecule has 96 heavy (non-hydrogen) atoms. The number of imidazole rings is 1. The largest absolute Gasteiger partial charge is 0.508 e. The number of anilines is 2. The first kappa shape index (κ1) is 66.7. The van der Waals surface area contributed by atoms with Gasteiger partial charge in [-0.3, -0.25) is 28.9 Å². The van der Waals surface area contributed by atoms with Crippen LogP contribution in [0.4, 0.5) is 26.7 Å². The lowest BCUT2D eigenvalue weighted by Crippen LogP contribution is -2.30. The van der Waals surface area contributed by atoms with E-state index in [-0.39, 0.29) is 58.1 Å². The Hall–Kier alpha value is -12.2. The molecule has 4 aliphatic rings. The van der Waals surface area contributed by atoms with Crippen molar-refractivity contribution in [1.82, 2.24) is 25.5 Å². The first-order chi connectivity index (χ1) is 46.3. The Labute approximate surface area is 563 Å². The molecular weight excluding hydrogens is 1290 g/mol. The number of aliphatic hydroxyl groups is 1. The summed E-state index contributed by atoms with van der Waals surface area (Å²) in [6, 6.07) is 53.8. The molecule has 9 N–H and O–H groups in total. The highest BCUT2D eigenvalue weighted by Crippen LogP contribution is 2.34. The van der Waals surface area contributed by atoms with Gasteiger partial charge in [-0.1, -0.05) is 138 Å². The molecule has 9 aromatic rings. The number of aromatic hydroxyl groups is 4. The van der Waals surface area contributed by atoms with Crippen LogP contribution >= 0.6 is 34.8 Å². The van der Waals surface area contributed by atoms with Gasteiger partial charge >= 0.3 is 17.8 Å². The normalized spacial score (nSPS) is 15.5. The van der Waals surface area contributed by atoms with Crippen LogP contribution in [0, 0.1) is 0 Å². The van der Waals surface area contributed by atoms with E-state index >= 15 is 0 Å². The molecule has 0 spiro atoms. The highest BCUT2D eigenvalue weighted by Gasteiger charge is 2.36. The summed E-state index contributed by atoms with van der Waals surface area (Å²) in [7, 11) is 0. The lowest BCUT2D eigenvalue weighted by molar-refractivity contribution is -0.116. The molecule has 7 amide bonds. The minimum atomic E-state index is -0.553. The zero-order chi connectivity index (χ0) is 68.0. The summed E-state index contributed by atoms with van der Waals surface area (Å²) < 4.78 is 6.60. The number of ether oxygens (including phenoxy) is 1. The molecule has 5 heterocycles. The number of nitrogens with one attached hydrogen (secondary N) is 4. The number of hydrogen-bond acceptors (Lipinski definition) is 14. The Morgan fingerprint density at radius 1 is 0.542 bits per heavy atom. The monoisotopic (exact) mass is 1340 g/mol. The van der Waals surface area contributed by atoms with Gasteiger partial charge in [-0.25, -0.2) is 24.2 Å². The second kappa shape index (κ2) is 30.5. The Bertz CT molecular complexity index is 4750. The molecule has 482 valence electrons. The Kier molecular flexibility index (Phi) is 21.2. The summed E-state index contributed by atoms with van der Waals surface area (Å²) in [4.78, 5) is 86.6. The van der Waals surface area contributed by atoms with Gasteiger partial charge in [-0.15, -0.1) is 0 Å². The van der Waals surface area contributed by atoms with E-state index in [9.17, 15) is 54.3 Å². The zero-order valence-electron chi connectivity index (χ0n) is 50.5. The number of allylic oxidation sites excluding steroid dienone is 1. The molecule has 24 heteroatoms. The number of phenolic OH excluding ortho intramolecular Hbond substituents is 3. The third-order valence-corrected chi connectivity index (χ3v) is 15.0. The molecule has 21 nitrogen and oxygen atoms in total. The number of carbonyl (C=O) groups excluding carboxylic acids is 5. The number of para-hydroxylation sites is 1. The van der Waals surface area contributed by atoms with E-state index in [0.29, 0.717) is 67.9 Å². The second-order valence-corrected chi connectivity index (χ2v) is 22.4. The number of halogens is 3. The van der Waals surface area contributed by atoms with Crippen molar-refractivity contribution in [2.75, 3.05) is 16.4 Å². The van der Waals surface area contributed by atoms with Crippen molar-refractivity contribution in [1.29, 1.82) is 0 Å². The number of aromatic nitrogens is 2. The third kappa shape index (κ3) is 16.5. The number of imide groups is 2. The number of aromatic amines is 1. The summed E-state index contributed by atoms with van der Waals surface area (Å²) in [5.74, 6) is -0.986. The fourth-order valence-corrected chi connectivity index (χ4v) is 10.2. The minimum Gasteiger partial charge on any atom is -0.508 e. The number of fused-ring (bicyclic) bond motifs is 1. The van der Waals surface area contributed by atoms with Crippen LogP contribution in [-0.4, -0.2) is 83.9 Å². The van der Waals surface area contributed by atoms with Crippen molar-refractivity contribution in [2.45, 2.75) is 20.0 Å². The Morgan fingerprint density at radius 2 is 1.09 bits per heavy atom. The number of amides is 7. The molecule has 0 unspecified atom stereocenters. The number of nitrogens with zero attached hydrogens (tertiary/aromatic N) is 5. The number of H-pyrrole nitrogens is 1. The van der Waals surface area contributed by atoms with E-state index < -0.39 is 29.8 Å². The van der Waals surface area contributed by atoms with E-state index in [1.165, 1.54) is 53.3 Å². The average Bonchev–Trinajstić information content (AvgIpc) is 1.67. The lowest BCUT2D eigenvalue weighted by Gasteiger charge is -2.11. The van der Waals surface area contributed by atoms with Gasteiger partial charge in [0.1, 0.15) is 34.2 Å². The molecule has 0 saturated carbocycles. The van der Waals surface area contributed by atoms with Crippen molar-refractivity contribution in [3.8, 4) is 28.9 Å². The van der Waals surface area contributed by atoms with Gasteiger partial charge in [0.2, 0.25) is 5.88 Å². The van der Waals surface area contributed by atoms with Gasteiger partial charge in [0, 0.05) is 38.6 Å². The second-order valence-electron chi connectivity index (χ2n) is 21.0. The van der Waals surface area contributed by atoms with Crippen LogP contribution in [0.1, 0.15) is 46.0 Å². The minimum absolute atomic E-state index is 0.00587. The molecule has 2 fully saturated rings. The number of hydrogen-bond donors (Lipinski definition) is 9. The number of aliphatic imine (C=N–C) groups is 2. The molecule has 0 radical (unpaired) electrons. The predicted molar refractivity (Wildman–Crippen MR) is 371 cm³/mol. The number of carbonyl (C=O) groups is 5. The van der Waals surface area contributed by atoms with Gasteiger partial charge in [0.25, 0.3) is 17.7 Å². The summed E-state index contributed by atoms with van der Waals surface area (Å²) in [6.45, 7) is 2.88. The van der Waals surface area contributed by atoms with Gasteiger partial charge in [0.15, 0.2) is 17.3 Å². The van der Waals surface area contributed by atoms with Crippen LogP contribution in [0.25, 0.3) is 29.9 Å². The molecule has 2 saturated heterocycles. The summed E-state index contributed by atoms with van der Waals surface area (Å²) >= 11 is 17.7. The van der Waals surface area contributed by atoms with E-state index in [4.69, 9.17) is 39.5 Å². The Morgan fingerprint density at radius 3 is 1.68 bits per heavy atom. The fourth-order valence-electron chi connectivity index (χ4n) is 9.66. The average molecular weight is 1350 g/mol. The maximum Gasteiger partial charge on any atom is 0.333 e. The number of aliphatic hydroxyl groups excluding tert-OH is 1.